The molecule has 1 aromatic heterocycles. The molecule has 4 rings (SSSR count). The molecule has 0 bridgehead atoms. The highest BCUT2D eigenvalue weighted by molar-refractivity contribution is 7.22. The average Bonchev–Trinajstić information content (AvgIpc) is 3.09. The first-order valence-corrected chi connectivity index (χ1v) is 9.05. The van der Waals surface area contributed by atoms with E-state index >= 15 is 0 Å². The molecule has 0 saturated carbocycles. The summed E-state index contributed by atoms with van der Waals surface area (Å²) in [5.41, 5.74) is 0.469. The lowest BCUT2D eigenvalue weighted by molar-refractivity contribution is -0.286. The van der Waals surface area contributed by atoms with Gasteiger partial charge in [-0.05, 0) is 26.9 Å². The zero-order valence-corrected chi connectivity index (χ0v) is 15.1. The molecule has 2 aliphatic rings. The normalized spacial score (nSPS) is 19.3. The van der Waals surface area contributed by atoms with Gasteiger partial charge < -0.3 is 19.3 Å². The number of rotatable bonds is 2. The Labute approximate surface area is 152 Å². The van der Waals surface area contributed by atoms with Crippen LogP contribution in [0.5, 0.6) is 11.5 Å². The highest BCUT2D eigenvalue weighted by atomic mass is 32.1. The molecule has 2 aliphatic heterocycles. The van der Waals surface area contributed by atoms with Gasteiger partial charge in [0, 0.05) is 31.3 Å². The number of hydrogen-bond donors (Lipinski definition) is 1. The molecule has 1 saturated heterocycles. The third-order valence-corrected chi connectivity index (χ3v) is 5.54. The number of aromatic nitrogens is 1. The van der Waals surface area contributed by atoms with E-state index in [1.807, 2.05) is 14.1 Å². The SMILES string of the molecule is CN(C)C1CCN(C(=O)Nc2nc3cc4c(cc3s2)OC(F)(F)O4)CC1. The molecule has 140 valence electrons. The van der Waals surface area contributed by atoms with Crippen LogP contribution in [0, 0.1) is 0 Å². The maximum Gasteiger partial charge on any atom is 0.586 e. The van der Waals surface area contributed by atoms with Crippen molar-refractivity contribution in [1.82, 2.24) is 14.8 Å². The van der Waals surface area contributed by atoms with Crippen LogP contribution in [0.1, 0.15) is 12.8 Å². The summed E-state index contributed by atoms with van der Waals surface area (Å²) >= 11 is 1.20. The van der Waals surface area contributed by atoms with E-state index in [9.17, 15) is 13.6 Å². The molecule has 0 unspecified atom stereocenters. The van der Waals surface area contributed by atoms with E-state index in [2.05, 4.69) is 24.7 Å². The van der Waals surface area contributed by atoms with Crippen LogP contribution in [-0.2, 0) is 0 Å². The lowest BCUT2D eigenvalue weighted by atomic mass is 10.0. The van der Waals surface area contributed by atoms with Gasteiger partial charge in [-0.2, -0.15) is 0 Å². The van der Waals surface area contributed by atoms with Crippen molar-refractivity contribution in [2.24, 2.45) is 0 Å². The summed E-state index contributed by atoms with van der Waals surface area (Å²) in [6.07, 6.45) is -1.80. The number of ether oxygens (including phenoxy) is 2. The zero-order valence-electron chi connectivity index (χ0n) is 14.3. The Hall–Kier alpha value is -2.20. The number of urea groups is 1. The molecular formula is C16H18F2N4O3S. The lowest BCUT2D eigenvalue weighted by Gasteiger charge is -2.34. The minimum Gasteiger partial charge on any atom is -0.395 e. The van der Waals surface area contributed by atoms with Crippen LogP contribution < -0.4 is 14.8 Å². The van der Waals surface area contributed by atoms with Gasteiger partial charge in [0.15, 0.2) is 16.6 Å². The van der Waals surface area contributed by atoms with Crippen LogP contribution in [0.15, 0.2) is 12.1 Å². The highest BCUT2D eigenvalue weighted by Crippen LogP contribution is 2.44. The Morgan fingerprint density at radius 1 is 1.31 bits per heavy atom. The summed E-state index contributed by atoms with van der Waals surface area (Å²) in [4.78, 5) is 20.7. The number of hydrogen-bond acceptors (Lipinski definition) is 6. The minimum absolute atomic E-state index is 0.0326. The largest absolute Gasteiger partial charge is 0.586 e. The number of anilines is 1. The number of carbonyl (C=O) groups excluding carboxylic acids is 1. The number of alkyl halides is 2. The monoisotopic (exact) mass is 384 g/mol. The van der Waals surface area contributed by atoms with Crippen molar-refractivity contribution < 1.29 is 23.0 Å². The molecule has 3 heterocycles. The number of nitrogens with one attached hydrogen (secondary N) is 1. The van der Waals surface area contributed by atoms with Gasteiger partial charge in [0.1, 0.15) is 0 Å². The number of likely N-dealkylation sites (tertiary alicyclic amines) is 1. The average molecular weight is 384 g/mol. The quantitative estimate of drug-likeness (QED) is 0.862. The van der Waals surface area contributed by atoms with Gasteiger partial charge in [-0.15, -0.1) is 8.78 Å². The third-order valence-electron chi connectivity index (χ3n) is 4.61. The fourth-order valence-corrected chi connectivity index (χ4v) is 4.05. The minimum atomic E-state index is -3.65. The Morgan fingerprint density at radius 2 is 1.96 bits per heavy atom. The second-order valence-corrected chi connectivity index (χ2v) is 7.60. The molecule has 26 heavy (non-hydrogen) atoms. The summed E-state index contributed by atoms with van der Waals surface area (Å²) in [6, 6.07) is 3.12. The molecule has 7 nitrogen and oxygen atoms in total. The fraction of sp³-hybridized carbons (Fsp3) is 0.500. The smallest absolute Gasteiger partial charge is 0.395 e. The summed E-state index contributed by atoms with van der Waals surface area (Å²) in [5.74, 6) is -0.0915. The molecule has 2 amide bonds. The van der Waals surface area contributed by atoms with Crippen LogP contribution in [0.4, 0.5) is 18.7 Å². The van der Waals surface area contributed by atoms with E-state index < -0.39 is 6.29 Å². The number of thiazole rings is 1. The van der Waals surface area contributed by atoms with Gasteiger partial charge in [-0.1, -0.05) is 11.3 Å². The summed E-state index contributed by atoms with van der Waals surface area (Å²) in [5, 5.41) is 3.20. The molecule has 0 aliphatic carbocycles. The second-order valence-electron chi connectivity index (χ2n) is 6.57. The molecule has 0 atom stereocenters. The van der Waals surface area contributed by atoms with E-state index in [4.69, 9.17) is 0 Å². The van der Waals surface area contributed by atoms with Gasteiger partial charge in [0.2, 0.25) is 0 Å². The van der Waals surface area contributed by atoms with Gasteiger partial charge in [-0.3, -0.25) is 5.32 Å². The first-order valence-electron chi connectivity index (χ1n) is 8.23. The van der Waals surface area contributed by atoms with E-state index in [-0.39, 0.29) is 17.5 Å². The number of carbonyl (C=O) groups is 1. The van der Waals surface area contributed by atoms with Crippen LogP contribution in [0.2, 0.25) is 0 Å². The van der Waals surface area contributed by atoms with Crippen LogP contribution in [0.25, 0.3) is 10.2 Å². The van der Waals surface area contributed by atoms with Gasteiger partial charge >= 0.3 is 12.3 Å². The van der Waals surface area contributed by atoms with Crippen LogP contribution >= 0.6 is 11.3 Å². The number of nitrogens with zero attached hydrogens (tertiary/aromatic N) is 3. The van der Waals surface area contributed by atoms with Crippen molar-refractivity contribution in [3.63, 3.8) is 0 Å². The zero-order chi connectivity index (χ0) is 18.5. The second kappa shape index (κ2) is 6.20. The Balaban J connectivity index is 1.44. The molecule has 10 heteroatoms. The lowest BCUT2D eigenvalue weighted by Crippen LogP contribution is -2.45. The van der Waals surface area contributed by atoms with Crippen molar-refractivity contribution in [1.29, 1.82) is 0 Å². The van der Waals surface area contributed by atoms with Crippen molar-refractivity contribution in [2.45, 2.75) is 25.2 Å². The number of amides is 2. The van der Waals surface area contributed by atoms with Crippen molar-refractivity contribution in [2.75, 3.05) is 32.5 Å². The van der Waals surface area contributed by atoms with E-state index in [1.165, 1.54) is 23.5 Å². The van der Waals surface area contributed by atoms with Gasteiger partial charge in [-0.25, -0.2) is 9.78 Å². The number of halogens is 2. The molecule has 1 aromatic carbocycles. The van der Waals surface area contributed by atoms with E-state index in [1.54, 1.807) is 4.90 Å². The molecular weight excluding hydrogens is 366 g/mol. The summed E-state index contributed by atoms with van der Waals surface area (Å²) < 4.78 is 35.7. The summed E-state index contributed by atoms with van der Waals surface area (Å²) in [7, 11) is 4.09. The predicted octanol–water partition coefficient (Wildman–Crippen LogP) is 3.18. The van der Waals surface area contributed by atoms with Crippen molar-refractivity contribution in [3.05, 3.63) is 12.1 Å². The fourth-order valence-electron chi connectivity index (χ4n) is 3.18. The molecule has 1 fully saturated rings. The van der Waals surface area contributed by atoms with Crippen molar-refractivity contribution in [3.8, 4) is 11.5 Å². The predicted molar refractivity (Wildman–Crippen MR) is 93.1 cm³/mol. The van der Waals surface area contributed by atoms with Crippen molar-refractivity contribution >= 4 is 32.7 Å². The summed E-state index contributed by atoms with van der Waals surface area (Å²) in [6.45, 7) is 1.37. The number of piperidine rings is 1. The van der Waals surface area contributed by atoms with E-state index in [0.29, 0.717) is 34.5 Å². The maximum absolute atomic E-state index is 13.1. The number of benzene rings is 1. The molecule has 1 N–H and O–H groups in total. The molecule has 2 aromatic rings. The number of fused-ring (bicyclic) bond motifs is 2. The standard InChI is InChI=1S/C16H18F2N4O3S/c1-21(2)9-3-5-22(6-4-9)15(23)20-14-19-10-7-11-12(8-13(10)26-14)25-16(17,18)24-11/h7-9H,3-6H2,1-2H3,(H,19,20,23). The topological polar surface area (TPSA) is 66.9 Å². The Morgan fingerprint density at radius 3 is 2.62 bits per heavy atom. The van der Waals surface area contributed by atoms with Crippen LogP contribution in [-0.4, -0.2) is 60.3 Å². The van der Waals surface area contributed by atoms with Gasteiger partial charge in [0.25, 0.3) is 0 Å². The van der Waals surface area contributed by atoms with Crippen LogP contribution in [0.3, 0.4) is 0 Å². The molecule has 0 spiro atoms. The first kappa shape index (κ1) is 17.2. The van der Waals surface area contributed by atoms with E-state index in [0.717, 1.165) is 12.8 Å². The maximum atomic E-state index is 13.1. The molecule has 0 radical (unpaired) electrons. The first-order chi connectivity index (χ1) is 12.3. The third kappa shape index (κ3) is 3.26. The van der Waals surface area contributed by atoms with Gasteiger partial charge in [0.05, 0.1) is 10.2 Å². The highest BCUT2D eigenvalue weighted by Gasteiger charge is 2.43. The Bertz CT molecular complexity index is 804. The Kier molecular flexibility index (Phi) is 4.11.